The number of piperidine rings is 1. The molecule has 0 bridgehead atoms. The lowest BCUT2D eigenvalue weighted by Gasteiger charge is -2.41. The van der Waals surface area contributed by atoms with E-state index in [2.05, 4.69) is 38.8 Å². The Morgan fingerprint density at radius 3 is 2.50 bits per heavy atom. The fourth-order valence-corrected chi connectivity index (χ4v) is 4.25. The minimum Gasteiger partial charge on any atom is -0.416 e. The average Bonchev–Trinajstić information content (AvgIpc) is 2.44. The zero-order valence-electron chi connectivity index (χ0n) is 15.3. The molecule has 3 nitrogen and oxygen atoms in total. The topological polar surface area (TPSA) is 32.7 Å². The van der Waals surface area contributed by atoms with Crippen molar-refractivity contribution in [3.8, 4) is 0 Å². The van der Waals surface area contributed by atoms with E-state index in [0.29, 0.717) is 23.2 Å². The van der Waals surface area contributed by atoms with Gasteiger partial charge in [0.1, 0.15) is 0 Å². The standard InChI is InChI=1S/C18H29Cl2NO2Si/c1-18(2,3)24(4,5)23-12-13-8-9-21(11-17(13)22)16-7-6-14(19)10-15(16)20/h6-7,10,13,17,22H,8-9,11-12H2,1-5H3. The maximum atomic E-state index is 10.6. The van der Waals surface area contributed by atoms with Crippen LogP contribution in [0.15, 0.2) is 18.2 Å². The number of β-amino-alcohol motifs (C(OH)–C–C–N with tert-alkyl or cyclic N) is 1. The Morgan fingerprint density at radius 2 is 1.96 bits per heavy atom. The van der Waals surface area contributed by atoms with Crippen molar-refractivity contribution < 1.29 is 9.53 Å². The first-order valence-corrected chi connectivity index (χ1v) is 12.2. The normalized spacial score (nSPS) is 22.8. The molecule has 1 aliphatic rings. The predicted molar refractivity (Wildman–Crippen MR) is 106 cm³/mol. The Kier molecular flexibility index (Phi) is 6.30. The number of aliphatic hydroxyl groups is 1. The molecule has 1 aliphatic heterocycles. The number of hydrogen-bond acceptors (Lipinski definition) is 3. The van der Waals surface area contributed by atoms with E-state index >= 15 is 0 Å². The van der Waals surface area contributed by atoms with Crippen LogP contribution in [-0.2, 0) is 4.43 Å². The molecule has 1 saturated heterocycles. The third-order valence-electron chi connectivity index (χ3n) is 5.44. The van der Waals surface area contributed by atoms with Crippen LogP contribution in [0.2, 0.25) is 28.2 Å². The monoisotopic (exact) mass is 389 g/mol. The minimum atomic E-state index is -1.78. The number of hydrogen-bond donors (Lipinski definition) is 1. The summed E-state index contributed by atoms with van der Waals surface area (Å²) in [5.74, 6) is 0.182. The smallest absolute Gasteiger partial charge is 0.191 e. The predicted octanol–water partition coefficient (Wildman–Crippen LogP) is 5.20. The molecular formula is C18H29Cl2NO2Si. The molecule has 136 valence electrons. The molecule has 1 N–H and O–H groups in total. The third-order valence-corrected chi connectivity index (χ3v) is 10.5. The van der Waals surface area contributed by atoms with E-state index in [1.807, 2.05) is 12.1 Å². The Labute approximate surface area is 157 Å². The van der Waals surface area contributed by atoms with Gasteiger partial charge in [-0.15, -0.1) is 0 Å². The van der Waals surface area contributed by atoms with E-state index in [-0.39, 0.29) is 11.0 Å². The summed E-state index contributed by atoms with van der Waals surface area (Å²) in [4.78, 5) is 2.13. The van der Waals surface area contributed by atoms with Gasteiger partial charge in [0.2, 0.25) is 0 Å². The number of benzene rings is 1. The molecular weight excluding hydrogens is 361 g/mol. The van der Waals surface area contributed by atoms with Gasteiger partial charge in [-0.05, 0) is 42.8 Å². The van der Waals surface area contributed by atoms with E-state index < -0.39 is 14.4 Å². The van der Waals surface area contributed by atoms with Gasteiger partial charge in [-0.1, -0.05) is 44.0 Å². The van der Waals surface area contributed by atoms with Crippen molar-refractivity contribution in [2.75, 3.05) is 24.6 Å². The van der Waals surface area contributed by atoms with Gasteiger partial charge in [0, 0.05) is 30.6 Å². The first-order valence-electron chi connectivity index (χ1n) is 8.53. The van der Waals surface area contributed by atoms with Crippen LogP contribution >= 0.6 is 23.2 Å². The lowest BCUT2D eigenvalue weighted by atomic mass is 9.94. The molecule has 2 unspecified atom stereocenters. The summed E-state index contributed by atoms with van der Waals surface area (Å²) in [6.45, 7) is 13.3. The summed E-state index contributed by atoms with van der Waals surface area (Å²) < 4.78 is 6.30. The maximum absolute atomic E-state index is 10.6. The van der Waals surface area contributed by atoms with Gasteiger partial charge in [-0.3, -0.25) is 0 Å². The minimum absolute atomic E-state index is 0.182. The van der Waals surface area contributed by atoms with Crippen LogP contribution in [0.25, 0.3) is 0 Å². The molecule has 0 amide bonds. The maximum Gasteiger partial charge on any atom is 0.191 e. The van der Waals surface area contributed by atoms with Crippen LogP contribution in [0, 0.1) is 5.92 Å². The highest BCUT2D eigenvalue weighted by molar-refractivity contribution is 6.74. The lowest BCUT2D eigenvalue weighted by molar-refractivity contribution is 0.0579. The first kappa shape index (κ1) is 20.1. The molecule has 0 aliphatic carbocycles. The molecule has 1 aromatic rings. The second-order valence-corrected chi connectivity index (χ2v) is 13.9. The van der Waals surface area contributed by atoms with E-state index in [1.54, 1.807) is 6.07 Å². The van der Waals surface area contributed by atoms with Crippen LogP contribution in [0.5, 0.6) is 0 Å². The fraction of sp³-hybridized carbons (Fsp3) is 0.667. The zero-order valence-corrected chi connectivity index (χ0v) is 17.8. The van der Waals surface area contributed by atoms with Crippen LogP contribution < -0.4 is 4.90 Å². The van der Waals surface area contributed by atoms with Gasteiger partial charge in [0.05, 0.1) is 16.8 Å². The molecule has 0 saturated carbocycles. The number of rotatable bonds is 4. The first-order chi connectivity index (χ1) is 11.0. The van der Waals surface area contributed by atoms with E-state index in [9.17, 15) is 5.11 Å². The molecule has 1 heterocycles. The summed E-state index contributed by atoms with van der Waals surface area (Å²) in [6.07, 6.45) is 0.490. The summed E-state index contributed by atoms with van der Waals surface area (Å²) >= 11 is 12.3. The highest BCUT2D eigenvalue weighted by Crippen LogP contribution is 2.38. The van der Waals surface area contributed by atoms with Crippen LogP contribution in [0.4, 0.5) is 5.69 Å². The van der Waals surface area contributed by atoms with Crippen molar-refractivity contribution in [3.63, 3.8) is 0 Å². The van der Waals surface area contributed by atoms with Gasteiger partial charge in [-0.2, -0.15) is 0 Å². The highest BCUT2D eigenvalue weighted by Gasteiger charge is 2.39. The second kappa shape index (κ2) is 7.54. The quantitative estimate of drug-likeness (QED) is 0.717. The lowest BCUT2D eigenvalue weighted by Crippen LogP contribution is -2.48. The molecule has 0 spiro atoms. The van der Waals surface area contributed by atoms with Gasteiger partial charge in [0.25, 0.3) is 0 Å². The van der Waals surface area contributed by atoms with Crippen molar-refractivity contribution in [1.82, 2.24) is 0 Å². The Hall–Kier alpha value is -0.263. The number of nitrogens with zero attached hydrogens (tertiary/aromatic N) is 1. The summed E-state index contributed by atoms with van der Waals surface area (Å²) in [6, 6.07) is 5.50. The van der Waals surface area contributed by atoms with Crippen LogP contribution in [0.3, 0.4) is 0 Å². The molecule has 2 rings (SSSR count). The van der Waals surface area contributed by atoms with Crippen molar-refractivity contribution in [2.45, 2.75) is 51.4 Å². The second-order valence-electron chi connectivity index (χ2n) is 8.23. The summed E-state index contributed by atoms with van der Waals surface area (Å²) in [5.41, 5.74) is 0.934. The van der Waals surface area contributed by atoms with Gasteiger partial charge < -0.3 is 14.4 Å². The largest absolute Gasteiger partial charge is 0.416 e. The van der Waals surface area contributed by atoms with Gasteiger partial charge in [0.15, 0.2) is 8.32 Å². The van der Waals surface area contributed by atoms with Crippen molar-refractivity contribution >= 4 is 37.2 Å². The molecule has 24 heavy (non-hydrogen) atoms. The van der Waals surface area contributed by atoms with Crippen molar-refractivity contribution in [3.05, 3.63) is 28.2 Å². The van der Waals surface area contributed by atoms with E-state index in [1.165, 1.54) is 0 Å². The van der Waals surface area contributed by atoms with E-state index in [4.69, 9.17) is 27.6 Å². The Balaban J connectivity index is 1.96. The molecule has 6 heteroatoms. The van der Waals surface area contributed by atoms with Gasteiger partial charge >= 0.3 is 0 Å². The number of anilines is 1. The fourth-order valence-electron chi connectivity index (χ4n) is 2.66. The third kappa shape index (κ3) is 4.67. The molecule has 1 aromatic carbocycles. The van der Waals surface area contributed by atoms with Crippen LogP contribution in [0.1, 0.15) is 27.2 Å². The number of aliphatic hydroxyl groups excluding tert-OH is 1. The number of halogens is 2. The average molecular weight is 390 g/mol. The van der Waals surface area contributed by atoms with Crippen molar-refractivity contribution in [2.24, 2.45) is 5.92 Å². The summed E-state index contributed by atoms with van der Waals surface area (Å²) in [7, 11) is -1.78. The van der Waals surface area contributed by atoms with Crippen LogP contribution in [-0.4, -0.2) is 39.2 Å². The molecule has 1 fully saturated rings. The summed E-state index contributed by atoms with van der Waals surface area (Å²) in [5, 5.41) is 12.0. The highest BCUT2D eigenvalue weighted by atomic mass is 35.5. The Bertz CT molecular complexity index is 575. The van der Waals surface area contributed by atoms with E-state index in [0.717, 1.165) is 18.7 Å². The Morgan fingerprint density at radius 1 is 1.29 bits per heavy atom. The molecule has 0 radical (unpaired) electrons. The van der Waals surface area contributed by atoms with Crippen molar-refractivity contribution in [1.29, 1.82) is 0 Å². The zero-order chi connectivity index (χ0) is 18.1. The SMILES string of the molecule is CC(C)(C)[Si](C)(C)OCC1CCN(c2ccc(Cl)cc2Cl)CC1O. The van der Waals surface area contributed by atoms with Gasteiger partial charge in [-0.25, -0.2) is 0 Å². The molecule has 2 atom stereocenters. The molecule has 0 aromatic heterocycles.